The lowest BCUT2D eigenvalue weighted by Gasteiger charge is -2.03. The van der Waals surface area contributed by atoms with E-state index in [2.05, 4.69) is 10.3 Å². The molecule has 0 unspecified atom stereocenters. The van der Waals surface area contributed by atoms with Gasteiger partial charge in [-0.1, -0.05) is 31.9 Å². The van der Waals surface area contributed by atoms with Crippen LogP contribution in [0.2, 0.25) is 0 Å². The minimum Gasteiger partial charge on any atom is -0.462 e. The predicted molar refractivity (Wildman–Crippen MR) is 97.0 cm³/mol. The van der Waals surface area contributed by atoms with Crippen molar-refractivity contribution < 1.29 is 28.1 Å². The van der Waals surface area contributed by atoms with Crippen molar-refractivity contribution in [2.45, 2.75) is 39.2 Å². The Morgan fingerprint density at radius 2 is 1.23 bits per heavy atom. The molecular weight excluding hydrogens is 380 g/mol. The summed E-state index contributed by atoms with van der Waals surface area (Å²) in [6.45, 7) is 7.40. The van der Waals surface area contributed by atoms with Crippen molar-refractivity contribution >= 4 is 33.5 Å². The van der Waals surface area contributed by atoms with E-state index in [-0.39, 0.29) is 13.2 Å². The second kappa shape index (κ2) is 9.67. The van der Waals surface area contributed by atoms with Crippen LogP contribution in [0.4, 0.5) is 0 Å². The van der Waals surface area contributed by atoms with Crippen LogP contribution in [0.1, 0.15) is 57.5 Å². The Labute approximate surface area is 158 Å². The Kier molecular flexibility index (Phi) is 7.58. The zero-order valence-corrected chi connectivity index (χ0v) is 16.6. The number of ether oxygens (including phenoxy) is 2. The molecule has 0 aliphatic carbocycles. The number of rotatable bonds is 9. The number of aryl methyl sites for hydroxylation is 2. The standard InChI is InChI=1S/C16H20N2O6S2/c1-5-21-15(19)13-9(3)23-17-11(13)7-25-26-8-12-14(10(4)24-18-12)16(20)22-6-2/h5-8H2,1-4H3. The van der Waals surface area contributed by atoms with Crippen LogP contribution in [0.15, 0.2) is 9.05 Å². The maximum Gasteiger partial charge on any atom is 0.343 e. The Bertz CT molecular complexity index is 707. The van der Waals surface area contributed by atoms with E-state index in [1.807, 2.05) is 0 Å². The van der Waals surface area contributed by atoms with Crippen LogP contribution < -0.4 is 0 Å². The molecule has 0 saturated carbocycles. The Morgan fingerprint density at radius 1 is 0.846 bits per heavy atom. The second-order valence-electron chi connectivity index (χ2n) is 5.09. The number of hydrogen-bond donors (Lipinski definition) is 0. The molecule has 0 amide bonds. The van der Waals surface area contributed by atoms with E-state index in [1.54, 1.807) is 27.7 Å². The number of nitrogens with zero attached hydrogens (tertiary/aromatic N) is 2. The number of carbonyl (C=O) groups excluding carboxylic acids is 2. The Hall–Kier alpha value is -1.94. The van der Waals surface area contributed by atoms with Crippen LogP contribution in [0.5, 0.6) is 0 Å². The molecule has 2 rings (SSSR count). The zero-order chi connectivity index (χ0) is 19.1. The first-order chi connectivity index (χ1) is 12.5. The highest BCUT2D eigenvalue weighted by molar-refractivity contribution is 8.76. The van der Waals surface area contributed by atoms with Crippen LogP contribution in [-0.4, -0.2) is 35.5 Å². The Morgan fingerprint density at radius 3 is 1.58 bits per heavy atom. The van der Waals surface area contributed by atoms with Gasteiger partial charge in [-0.3, -0.25) is 0 Å². The summed E-state index contributed by atoms with van der Waals surface area (Å²) in [5.41, 5.74) is 1.79. The van der Waals surface area contributed by atoms with Crippen LogP contribution in [0.25, 0.3) is 0 Å². The van der Waals surface area contributed by atoms with Crippen molar-refractivity contribution in [3.8, 4) is 0 Å². The number of hydrogen-bond acceptors (Lipinski definition) is 10. The van der Waals surface area contributed by atoms with Gasteiger partial charge in [-0.05, 0) is 27.7 Å². The van der Waals surface area contributed by atoms with Gasteiger partial charge in [-0.2, -0.15) is 0 Å². The van der Waals surface area contributed by atoms with Gasteiger partial charge in [-0.15, -0.1) is 0 Å². The lowest BCUT2D eigenvalue weighted by atomic mass is 10.2. The SMILES string of the molecule is CCOC(=O)c1c(CSSCc2noc(C)c2C(=O)OCC)noc1C. The van der Waals surface area contributed by atoms with Crippen LogP contribution in [0, 0.1) is 13.8 Å². The summed E-state index contributed by atoms with van der Waals surface area (Å²) in [7, 11) is 2.92. The summed E-state index contributed by atoms with van der Waals surface area (Å²) < 4.78 is 20.2. The summed E-state index contributed by atoms with van der Waals surface area (Å²) >= 11 is 0. The molecule has 10 heteroatoms. The molecule has 0 radical (unpaired) electrons. The van der Waals surface area contributed by atoms with Crippen molar-refractivity contribution in [1.82, 2.24) is 10.3 Å². The first kappa shape index (κ1) is 20.4. The topological polar surface area (TPSA) is 105 Å². The molecule has 0 aliphatic rings. The molecule has 2 aromatic rings. The van der Waals surface area contributed by atoms with Gasteiger partial charge in [0, 0.05) is 0 Å². The Balaban J connectivity index is 1.95. The summed E-state index contributed by atoms with van der Waals surface area (Å²) in [6, 6.07) is 0. The smallest absolute Gasteiger partial charge is 0.343 e. The molecule has 0 saturated heterocycles. The van der Waals surface area contributed by atoms with Crippen molar-refractivity contribution in [2.24, 2.45) is 0 Å². The van der Waals surface area contributed by atoms with Gasteiger partial charge in [-0.25, -0.2) is 9.59 Å². The monoisotopic (exact) mass is 400 g/mol. The molecule has 0 bridgehead atoms. The van der Waals surface area contributed by atoms with Gasteiger partial charge >= 0.3 is 11.9 Å². The average molecular weight is 400 g/mol. The van der Waals surface area contributed by atoms with Crippen molar-refractivity contribution in [2.75, 3.05) is 13.2 Å². The highest BCUT2D eigenvalue weighted by Gasteiger charge is 2.23. The van der Waals surface area contributed by atoms with Crippen LogP contribution >= 0.6 is 21.6 Å². The lowest BCUT2D eigenvalue weighted by Crippen LogP contribution is -2.08. The minimum atomic E-state index is -0.441. The largest absolute Gasteiger partial charge is 0.462 e. The normalized spacial score (nSPS) is 10.8. The van der Waals surface area contributed by atoms with Crippen LogP contribution in [0.3, 0.4) is 0 Å². The zero-order valence-electron chi connectivity index (χ0n) is 15.0. The highest BCUT2D eigenvalue weighted by atomic mass is 33.1. The molecule has 0 spiro atoms. The highest BCUT2D eigenvalue weighted by Crippen LogP contribution is 2.32. The lowest BCUT2D eigenvalue weighted by molar-refractivity contribution is 0.0513. The quantitative estimate of drug-likeness (QED) is 0.351. The van der Waals surface area contributed by atoms with E-state index < -0.39 is 11.9 Å². The van der Waals surface area contributed by atoms with Gasteiger partial charge in [0.2, 0.25) is 0 Å². The molecule has 8 nitrogen and oxygen atoms in total. The van der Waals surface area contributed by atoms with E-state index in [0.29, 0.717) is 45.5 Å². The maximum atomic E-state index is 12.0. The minimum absolute atomic E-state index is 0.285. The summed E-state index contributed by atoms with van der Waals surface area (Å²) in [5.74, 6) is 0.873. The fraction of sp³-hybridized carbons (Fsp3) is 0.500. The van der Waals surface area contributed by atoms with Gasteiger partial charge in [0.05, 0.1) is 24.7 Å². The molecular formula is C16H20N2O6S2. The third-order valence-corrected chi connectivity index (χ3v) is 5.46. The fourth-order valence-electron chi connectivity index (χ4n) is 2.16. The van der Waals surface area contributed by atoms with E-state index in [9.17, 15) is 9.59 Å². The number of carbonyl (C=O) groups is 2. The molecule has 0 N–H and O–H groups in total. The summed E-state index contributed by atoms with van der Waals surface area (Å²) in [5, 5.41) is 7.84. The molecule has 0 atom stereocenters. The first-order valence-corrected chi connectivity index (χ1v) is 10.5. The third kappa shape index (κ3) is 4.82. The first-order valence-electron chi connectivity index (χ1n) is 7.98. The predicted octanol–water partition coefficient (Wildman–Crippen LogP) is 3.71. The van der Waals surface area contributed by atoms with Gasteiger partial charge in [0.25, 0.3) is 0 Å². The van der Waals surface area contributed by atoms with E-state index in [4.69, 9.17) is 18.5 Å². The van der Waals surface area contributed by atoms with Crippen molar-refractivity contribution in [3.05, 3.63) is 34.0 Å². The molecule has 2 heterocycles. The molecule has 26 heavy (non-hydrogen) atoms. The second-order valence-corrected chi connectivity index (χ2v) is 7.55. The number of esters is 2. The van der Waals surface area contributed by atoms with Crippen LogP contribution in [-0.2, 0) is 21.0 Å². The van der Waals surface area contributed by atoms with E-state index in [1.165, 1.54) is 21.6 Å². The van der Waals surface area contributed by atoms with E-state index >= 15 is 0 Å². The molecule has 142 valence electrons. The number of aromatic nitrogens is 2. The van der Waals surface area contributed by atoms with Gasteiger partial charge in [0.1, 0.15) is 34.0 Å². The van der Waals surface area contributed by atoms with Gasteiger partial charge in [0.15, 0.2) is 0 Å². The van der Waals surface area contributed by atoms with Crippen molar-refractivity contribution in [1.29, 1.82) is 0 Å². The molecule has 0 fully saturated rings. The summed E-state index contributed by atoms with van der Waals surface area (Å²) in [6.07, 6.45) is 0. The third-order valence-electron chi connectivity index (χ3n) is 3.30. The fourth-order valence-corrected chi connectivity index (χ4v) is 4.11. The molecule has 0 aromatic carbocycles. The van der Waals surface area contributed by atoms with Gasteiger partial charge < -0.3 is 18.5 Å². The maximum absolute atomic E-state index is 12.0. The molecule has 0 aliphatic heterocycles. The van der Waals surface area contributed by atoms with Crippen molar-refractivity contribution in [3.63, 3.8) is 0 Å². The van der Waals surface area contributed by atoms with E-state index in [0.717, 1.165) is 0 Å². The molecule has 2 aromatic heterocycles. The summed E-state index contributed by atoms with van der Waals surface area (Å²) in [4.78, 5) is 23.9. The average Bonchev–Trinajstić information content (AvgIpc) is 3.15.